The van der Waals surface area contributed by atoms with Gasteiger partial charge in [-0.25, -0.2) is 0 Å². The van der Waals surface area contributed by atoms with E-state index in [-0.39, 0.29) is 0 Å². The van der Waals surface area contributed by atoms with Gasteiger partial charge in [0.05, 0.1) is 5.69 Å². The maximum absolute atomic E-state index is 11.7. The third kappa shape index (κ3) is 3.25. The Kier molecular flexibility index (Phi) is 3.71. The van der Waals surface area contributed by atoms with Gasteiger partial charge in [-0.15, -0.1) is 0 Å². The summed E-state index contributed by atoms with van der Waals surface area (Å²) in [7, 11) is 0. The van der Waals surface area contributed by atoms with Crippen LogP contribution >= 0.6 is 0 Å². The number of nitrogens with zero attached hydrogens (tertiary/aromatic N) is 1. The van der Waals surface area contributed by atoms with Crippen molar-refractivity contribution in [3.63, 3.8) is 0 Å². The highest BCUT2D eigenvalue weighted by atomic mass is 16.4. The molecule has 4 nitrogen and oxygen atoms in total. The van der Waals surface area contributed by atoms with Crippen molar-refractivity contribution in [3.8, 4) is 11.3 Å². The molecule has 0 spiro atoms. The van der Waals surface area contributed by atoms with Crippen molar-refractivity contribution in [2.24, 2.45) is 0 Å². The maximum atomic E-state index is 11.7. The molecule has 0 atom stereocenters. The summed E-state index contributed by atoms with van der Waals surface area (Å²) < 4.78 is 0. The highest BCUT2D eigenvalue weighted by molar-refractivity contribution is 6.06. The van der Waals surface area contributed by atoms with Crippen molar-refractivity contribution >= 4 is 11.8 Å². The number of carboxylic acids is 1. The van der Waals surface area contributed by atoms with Gasteiger partial charge in [0, 0.05) is 16.8 Å². The minimum absolute atomic E-state index is 0.392. The molecule has 0 aliphatic rings. The highest BCUT2D eigenvalue weighted by Gasteiger charge is 2.11. The Hall–Kier alpha value is -2.49. The normalized spacial score (nSPS) is 10.2. The molecule has 1 N–H and O–H groups in total. The molecular weight excluding hydrogens is 242 g/mol. The predicted octanol–water partition coefficient (Wildman–Crippen LogP) is 2.71. The van der Waals surface area contributed by atoms with Crippen molar-refractivity contribution in [2.45, 2.75) is 13.3 Å². The summed E-state index contributed by atoms with van der Waals surface area (Å²) in [4.78, 5) is 26.6. The van der Waals surface area contributed by atoms with E-state index in [1.54, 1.807) is 18.2 Å². The number of rotatable bonds is 4. The summed E-state index contributed by atoms with van der Waals surface area (Å²) in [6.45, 7) is 1.89. The molecule has 4 heteroatoms. The molecule has 0 saturated heterocycles. The third-order valence-electron chi connectivity index (χ3n) is 2.68. The number of pyridine rings is 1. The molecule has 1 aromatic heterocycles. The highest BCUT2D eigenvalue weighted by Crippen LogP contribution is 2.19. The SMILES string of the molecule is Cc1cccc(-c2cccc(C(=O)CC(=O)O)c2)n1. The minimum atomic E-state index is -1.12. The number of Topliss-reactive ketones (excluding diaryl/α,β-unsaturated/α-hetero) is 1. The van der Waals surface area contributed by atoms with E-state index in [1.807, 2.05) is 31.2 Å². The molecule has 0 unspecified atom stereocenters. The average Bonchev–Trinajstić information content (AvgIpc) is 2.38. The van der Waals surface area contributed by atoms with E-state index in [2.05, 4.69) is 4.98 Å². The fourth-order valence-electron chi connectivity index (χ4n) is 1.80. The molecule has 1 aromatic carbocycles. The Balaban J connectivity index is 2.34. The van der Waals surface area contributed by atoms with Crippen molar-refractivity contribution in [1.29, 1.82) is 0 Å². The van der Waals surface area contributed by atoms with E-state index < -0.39 is 18.2 Å². The number of carbonyl (C=O) groups is 2. The average molecular weight is 255 g/mol. The first-order valence-electron chi connectivity index (χ1n) is 5.85. The van der Waals surface area contributed by atoms with Crippen LogP contribution < -0.4 is 0 Å². The van der Waals surface area contributed by atoms with E-state index in [0.29, 0.717) is 5.56 Å². The molecule has 0 fully saturated rings. The van der Waals surface area contributed by atoms with Crippen LogP contribution in [0.2, 0.25) is 0 Å². The number of hydrogen-bond donors (Lipinski definition) is 1. The molecule has 0 radical (unpaired) electrons. The Labute approximate surface area is 110 Å². The largest absolute Gasteiger partial charge is 0.481 e. The molecule has 96 valence electrons. The Morgan fingerprint density at radius 1 is 1.16 bits per heavy atom. The van der Waals surface area contributed by atoms with Crippen LogP contribution in [0.25, 0.3) is 11.3 Å². The van der Waals surface area contributed by atoms with E-state index in [4.69, 9.17) is 5.11 Å². The number of carbonyl (C=O) groups excluding carboxylic acids is 1. The molecule has 1 heterocycles. The summed E-state index contributed by atoms with van der Waals surface area (Å²) in [6.07, 6.45) is -0.495. The van der Waals surface area contributed by atoms with Crippen LogP contribution in [0.4, 0.5) is 0 Å². The van der Waals surface area contributed by atoms with E-state index >= 15 is 0 Å². The van der Waals surface area contributed by atoms with Crippen LogP contribution in [0.3, 0.4) is 0 Å². The van der Waals surface area contributed by atoms with Gasteiger partial charge in [0.25, 0.3) is 0 Å². The van der Waals surface area contributed by atoms with Crippen LogP contribution in [-0.4, -0.2) is 21.8 Å². The number of aliphatic carboxylic acids is 1. The summed E-state index contributed by atoms with van der Waals surface area (Å²) in [5, 5.41) is 8.63. The quantitative estimate of drug-likeness (QED) is 0.673. The number of ketones is 1. The second kappa shape index (κ2) is 5.44. The lowest BCUT2D eigenvalue weighted by Crippen LogP contribution is -2.06. The predicted molar refractivity (Wildman–Crippen MR) is 71.0 cm³/mol. The van der Waals surface area contributed by atoms with Crippen LogP contribution in [0.15, 0.2) is 42.5 Å². The number of hydrogen-bond acceptors (Lipinski definition) is 3. The van der Waals surface area contributed by atoms with Gasteiger partial charge >= 0.3 is 5.97 Å². The van der Waals surface area contributed by atoms with Gasteiger partial charge in [0.2, 0.25) is 0 Å². The zero-order valence-electron chi connectivity index (χ0n) is 10.5. The Bertz CT molecular complexity index is 635. The lowest BCUT2D eigenvalue weighted by molar-refractivity contribution is -0.135. The fraction of sp³-hybridized carbons (Fsp3) is 0.133. The molecule has 19 heavy (non-hydrogen) atoms. The van der Waals surface area contributed by atoms with E-state index in [1.165, 1.54) is 0 Å². The lowest BCUT2D eigenvalue weighted by Gasteiger charge is -2.04. The molecule has 0 saturated carbocycles. The lowest BCUT2D eigenvalue weighted by atomic mass is 10.0. The second-order valence-corrected chi connectivity index (χ2v) is 4.24. The maximum Gasteiger partial charge on any atom is 0.311 e. The number of benzene rings is 1. The van der Waals surface area contributed by atoms with Gasteiger partial charge < -0.3 is 5.11 Å². The number of aryl methyl sites for hydroxylation is 1. The van der Waals surface area contributed by atoms with Gasteiger partial charge in [-0.05, 0) is 25.1 Å². The van der Waals surface area contributed by atoms with Crippen molar-refractivity contribution in [2.75, 3.05) is 0 Å². The van der Waals surface area contributed by atoms with Crippen molar-refractivity contribution in [1.82, 2.24) is 4.98 Å². The van der Waals surface area contributed by atoms with E-state index in [9.17, 15) is 9.59 Å². The summed E-state index contributed by atoms with van der Waals surface area (Å²) in [5.41, 5.74) is 2.85. The summed E-state index contributed by atoms with van der Waals surface area (Å²) in [6, 6.07) is 12.5. The first-order valence-corrected chi connectivity index (χ1v) is 5.85. The third-order valence-corrected chi connectivity index (χ3v) is 2.68. The second-order valence-electron chi connectivity index (χ2n) is 4.24. The van der Waals surface area contributed by atoms with Crippen LogP contribution in [0.1, 0.15) is 22.5 Å². The number of aromatic nitrogens is 1. The van der Waals surface area contributed by atoms with Crippen LogP contribution in [0.5, 0.6) is 0 Å². The topological polar surface area (TPSA) is 67.3 Å². The zero-order chi connectivity index (χ0) is 13.8. The fourth-order valence-corrected chi connectivity index (χ4v) is 1.80. The molecule has 0 aliphatic heterocycles. The zero-order valence-corrected chi connectivity index (χ0v) is 10.5. The molecule has 0 aliphatic carbocycles. The molecule has 2 aromatic rings. The summed E-state index contributed by atoms with van der Waals surface area (Å²) >= 11 is 0. The monoisotopic (exact) mass is 255 g/mol. The summed E-state index contributed by atoms with van der Waals surface area (Å²) in [5.74, 6) is -1.52. The smallest absolute Gasteiger partial charge is 0.311 e. The first-order chi connectivity index (χ1) is 9.06. The van der Waals surface area contributed by atoms with Gasteiger partial charge in [0.15, 0.2) is 5.78 Å². The standard InChI is InChI=1S/C15H13NO3/c1-10-4-2-7-13(16-10)11-5-3-6-12(8-11)14(17)9-15(18)19/h2-8H,9H2,1H3,(H,18,19). The minimum Gasteiger partial charge on any atom is -0.481 e. The molecule has 2 rings (SSSR count). The first kappa shape index (κ1) is 13.0. The van der Waals surface area contributed by atoms with Crippen molar-refractivity contribution < 1.29 is 14.7 Å². The van der Waals surface area contributed by atoms with E-state index in [0.717, 1.165) is 17.0 Å². The Morgan fingerprint density at radius 3 is 2.58 bits per heavy atom. The Morgan fingerprint density at radius 2 is 1.89 bits per heavy atom. The molecular formula is C15H13NO3. The van der Waals surface area contributed by atoms with Gasteiger partial charge in [0.1, 0.15) is 6.42 Å². The number of carboxylic acid groups (broad SMARTS) is 1. The molecule has 0 amide bonds. The van der Waals surface area contributed by atoms with Crippen molar-refractivity contribution in [3.05, 3.63) is 53.7 Å². The van der Waals surface area contributed by atoms with Gasteiger partial charge in [-0.1, -0.05) is 24.3 Å². The van der Waals surface area contributed by atoms with Gasteiger partial charge in [-0.3, -0.25) is 14.6 Å². The van der Waals surface area contributed by atoms with Crippen LogP contribution in [0, 0.1) is 6.92 Å². The van der Waals surface area contributed by atoms with Crippen LogP contribution in [-0.2, 0) is 4.79 Å². The molecule has 0 bridgehead atoms. The van der Waals surface area contributed by atoms with Gasteiger partial charge in [-0.2, -0.15) is 0 Å².